The third kappa shape index (κ3) is 27.3. The summed E-state index contributed by atoms with van der Waals surface area (Å²) in [5, 5.41) is 121. The lowest BCUT2D eigenvalue weighted by molar-refractivity contribution is -0.148. The van der Waals surface area contributed by atoms with Crippen LogP contribution in [0.4, 0.5) is 0 Å². The zero-order chi connectivity index (χ0) is 69.7. The van der Waals surface area contributed by atoms with Crippen molar-refractivity contribution < 1.29 is 75.7 Å². The van der Waals surface area contributed by atoms with E-state index in [9.17, 15) is 75.7 Å². The molecule has 0 bridgehead atoms. The summed E-state index contributed by atoms with van der Waals surface area (Å²) in [4.78, 5) is 33.8. The summed E-state index contributed by atoms with van der Waals surface area (Å²) in [6, 6.07) is 0. The highest BCUT2D eigenvalue weighted by molar-refractivity contribution is 5.74. The fraction of sp³-hybridized carbons (Fsp3) is 0.962. The molecule has 0 aromatic rings. The van der Waals surface area contributed by atoms with Gasteiger partial charge in [0.25, 0.3) is 0 Å². The van der Waals surface area contributed by atoms with Crippen molar-refractivity contribution in [3.63, 3.8) is 0 Å². The fourth-order valence-electron chi connectivity index (χ4n) is 17.5. The van der Waals surface area contributed by atoms with Crippen LogP contribution >= 0.6 is 0 Å². The zero-order valence-electron chi connectivity index (χ0n) is 61.1. The smallest absolute Gasteiger partial charge is 0.309 e. The summed E-state index contributed by atoms with van der Waals surface area (Å²) >= 11 is 0. The molecule has 0 saturated heterocycles. The molecule has 0 aromatic carbocycles. The number of carboxylic acids is 3. The van der Waals surface area contributed by atoms with Gasteiger partial charge < -0.3 is 61.3 Å². The highest BCUT2D eigenvalue weighted by atomic mass is 16.4. The number of aliphatic hydroxyl groups is 9. The van der Waals surface area contributed by atoms with Gasteiger partial charge in [-0.25, -0.2) is 0 Å². The lowest BCUT2D eigenvalue weighted by Gasteiger charge is -2.25. The summed E-state index contributed by atoms with van der Waals surface area (Å²) in [6.45, 7) is 23.9. The Morgan fingerprint density at radius 1 is 0.247 bits per heavy atom. The maximum atomic E-state index is 11.3. The predicted molar refractivity (Wildman–Crippen MR) is 371 cm³/mol. The first kappa shape index (κ1) is 83.5. The van der Waals surface area contributed by atoms with Gasteiger partial charge in [0, 0.05) is 19.8 Å². The van der Waals surface area contributed by atoms with Crippen LogP contribution in [0.5, 0.6) is 0 Å². The van der Waals surface area contributed by atoms with Crippen LogP contribution in [0.25, 0.3) is 0 Å². The van der Waals surface area contributed by atoms with Gasteiger partial charge >= 0.3 is 17.9 Å². The van der Waals surface area contributed by atoms with E-state index in [0.29, 0.717) is 66.6 Å². The molecule has 6 fully saturated rings. The number of hydrogen-bond acceptors (Lipinski definition) is 12. The van der Waals surface area contributed by atoms with Gasteiger partial charge in [-0.2, -0.15) is 0 Å². The van der Waals surface area contributed by atoms with Gasteiger partial charge in [0.15, 0.2) is 0 Å². The molecule has 93 heavy (non-hydrogen) atoms. The predicted octanol–water partition coefficient (Wildman–Crippen LogP) is 15.0. The van der Waals surface area contributed by atoms with E-state index in [1.807, 2.05) is 0 Å². The van der Waals surface area contributed by atoms with Crippen LogP contribution in [-0.4, -0.2) is 136 Å². The maximum absolute atomic E-state index is 11.3. The van der Waals surface area contributed by atoms with Crippen LogP contribution in [0.2, 0.25) is 0 Å². The molecule has 6 aliphatic rings. The molecule has 0 spiro atoms. The zero-order valence-corrected chi connectivity index (χ0v) is 61.1. The van der Waals surface area contributed by atoms with Gasteiger partial charge in [0.05, 0.1) is 52.9 Å². The van der Waals surface area contributed by atoms with Crippen molar-refractivity contribution in [2.24, 2.45) is 104 Å². The summed E-state index contributed by atoms with van der Waals surface area (Å²) in [5.74, 6) is 1.84. The van der Waals surface area contributed by atoms with Crippen molar-refractivity contribution in [2.75, 3.05) is 19.8 Å². The molecule has 546 valence electrons. The van der Waals surface area contributed by atoms with Gasteiger partial charge in [-0.1, -0.05) is 80.1 Å². The number of hydrogen-bond donors (Lipinski definition) is 12. The van der Waals surface area contributed by atoms with E-state index in [4.69, 9.17) is 0 Å². The lowest BCUT2D eigenvalue weighted by Crippen LogP contribution is -2.26. The van der Waals surface area contributed by atoms with Crippen molar-refractivity contribution in [3.05, 3.63) is 0 Å². The van der Waals surface area contributed by atoms with E-state index < -0.39 is 34.2 Å². The molecular formula is C78H144O15. The van der Waals surface area contributed by atoms with Crippen LogP contribution in [-0.2, 0) is 14.4 Å². The Morgan fingerprint density at radius 3 is 0.505 bits per heavy atom. The van der Waals surface area contributed by atoms with Crippen molar-refractivity contribution in [1.29, 1.82) is 0 Å². The minimum absolute atomic E-state index is 0.00798. The monoisotopic (exact) mass is 1320 g/mol. The summed E-state index contributed by atoms with van der Waals surface area (Å²) in [5.41, 5.74) is -2.14. The first-order valence-electron chi connectivity index (χ1n) is 38.0. The van der Waals surface area contributed by atoms with Crippen LogP contribution < -0.4 is 0 Å². The number of aliphatic carboxylic acids is 3. The minimum atomic E-state index is -0.763. The number of rotatable bonds is 39. The second kappa shape index (κ2) is 38.6. The van der Waals surface area contributed by atoms with Crippen molar-refractivity contribution in [1.82, 2.24) is 0 Å². The first-order chi connectivity index (χ1) is 43.4. The van der Waals surface area contributed by atoms with Gasteiger partial charge in [-0.3, -0.25) is 14.4 Å². The third-order valence-electron chi connectivity index (χ3n) is 25.4. The molecule has 18 unspecified atom stereocenters. The molecule has 15 heteroatoms. The van der Waals surface area contributed by atoms with Crippen molar-refractivity contribution in [2.45, 2.75) is 351 Å². The minimum Gasteiger partial charge on any atom is -0.481 e. The van der Waals surface area contributed by atoms with E-state index >= 15 is 0 Å². The van der Waals surface area contributed by atoms with Crippen molar-refractivity contribution in [3.8, 4) is 0 Å². The van der Waals surface area contributed by atoms with Gasteiger partial charge in [-0.15, -0.1) is 0 Å². The average molecular weight is 1320 g/mol. The number of carboxylic acid groups (broad SMARTS) is 3. The standard InChI is InChI=1S/C26H46O6.C26H48O5.C26H50O4/c1-25(2,23(29)30)15-5-7-17-9-11-19(21(17)27)13-14-20-12-10-18(22(20)28)8-6-16-26(3,4)24(31)32;1-25(2,17-27)15-5-7-18-9-11-20(22(18)28)13-14-21-12-10-19(23(21)29)8-6-16-26(3,4)24(30)31;1-25(2,17-27)15-5-7-19-9-11-21(23(19)29)13-14-22-12-10-20(24(22)30)8-6-16-26(3,4)18-28/h17-22,27-28H,5-16H2,1-4H3,(H,29,30)(H,31,32);18-23,27-29H,5-17H2,1-4H3,(H,30,31);19-24,27-30H,5-18H2,1-4H3. The van der Waals surface area contributed by atoms with E-state index in [0.717, 1.165) is 212 Å². The van der Waals surface area contributed by atoms with E-state index in [1.54, 1.807) is 41.5 Å². The molecule has 0 aliphatic heterocycles. The average Bonchev–Trinajstić information content (AvgIpc) is 1.78. The lowest BCUT2D eigenvalue weighted by atomic mass is 9.84. The maximum Gasteiger partial charge on any atom is 0.309 e. The van der Waals surface area contributed by atoms with Gasteiger partial charge in [0.1, 0.15) is 0 Å². The molecule has 18 atom stereocenters. The second-order valence-corrected chi connectivity index (χ2v) is 36.1. The molecule has 6 rings (SSSR count). The first-order valence-corrected chi connectivity index (χ1v) is 38.0. The molecule has 0 amide bonds. The Bertz CT molecular complexity index is 2040. The molecule has 0 aromatic heterocycles. The Balaban J connectivity index is 0.000000297. The van der Waals surface area contributed by atoms with Crippen molar-refractivity contribution >= 4 is 17.9 Å². The highest BCUT2D eigenvalue weighted by Gasteiger charge is 2.43. The summed E-state index contributed by atoms with van der Waals surface area (Å²) in [7, 11) is 0. The Morgan fingerprint density at radius 2 is 0.376 bits per heavy atom. The molecule has 6 aliphatic carbocycles. The number of carbonyl (C=O) groups is 3. The molecule has 15 nitrogen and oxygen atoms in total. The quantitative estimate of drug-likeness (QED) is 0.0272. The molecule has 6 saturated carbocycles. The van der Waals surface area contributed by atoms with Crippen LogP contribution in [0.3, 0.4) is 0 Å². The largest absolute Gasteiger partial charge is 0.481 e. The third-order valence-corrected chi connectivity index (χ3v) is 25.4. The van der Waals surface area contributed by atoms with E-state index in [1.165, 1.54) is 0 Å². The Labute approximate surface area is 565 Å². The Kier molecular flexibility index (Phi) is 34.6. The number of aliphatic hydroxyl groups excluding tert-OH is 9. The van der Waals surface area contributed by atoms with Crippen LogP contribution in [0, 0.1) is 104 Å². The van der Waals surface area contributed by atoms with Crippen LogP contribution in [0.1, 0.15) is 314 Å². The SMILES string of the molecule is CC(C)(CCCC1CCC(CCC2CCC(CCCC(C)(C)C(=O)O)C2O)C1O)C(=O)O.CC(C)(CO)CCCC1CCC(CCC2CCC(CCCC(C)(C)C(=O)O)C2O)C1O.CC(C)(CO)CCCC1CCC(CCC2CCC(CCCC(C)(C)CO)C2O)C1O. The molecular weight excluding hydrogens is 1180 g/mol. The molecule has 0 radical (unpaired) electrons. The topological polar surface area (TPSA) is 294 Å². The van der Waals surface area contributed by atoms with Gasteiger partial charge in [-0.05, 0) is 321 Å². The van der Waals surface area contributed by atoms with E-state index in [-0.39, 0.29) is 96.4 Å². The normalized spacial score (nSPS) is 32.0. The Hall–Kier alpha value is -1.95. The molecule has 12 N–H and O–H groups in total. The summed E-state index contributed by atoms with van der Waals surface area (Å²) in [6.07, 6.45) is 33.9. The molecule has 0 heterocycles. The fourth-order valence-corrected chi connectivity index (χ4v) is 17.5. The highest BCUT2D eigenvalue weighted by Crippen LogP contribution is 2.47. The van der Waals surface area contributed by atoms with Gasteiger partial charge in [0.2, 0.25) is 0 Å². The second-order valence-electron chi connectivity index (χ2n) is 36.1. The van der Waals surface area contributed by atoms with E-state index in [2.05, 4.69) is 41.5 Å². The summed E-state index contributed by atoms with van der Waals surface area (Å²) < 4.78 is 0. The van der Waals surface area contributed by atoms with Crippen LogP contribution in [0.15, 0.2) is 0 Å².